The normalized spacial score (nSPS) is 12.2. The van der Waals surface area contributed by atoms with Gasteiger partial charge in [0.1, 0.15) is 0 Å². The quantitative estimate of drug-likeness (QED) is 0.423. The summed E-state index contributed by atoms with van der Waals surface area (Å²) in [6.07, 6.45) is 2.63. The molecule has 0 saturated heterocycles. The van der Waals surface area contributed by atoms with E-state index in [9.17, 15) is 22.8 Å². The van der Waals surface area contributed by atoms with Gasteiger partial charge in [-0.05, 0) is 48.6 Å². The molecule has 0 unspecified atom stereocenters. The number of carbonyl (C=O) groups excluding carboxylic acids is 1. The highest BCUT2D eigenvalue weighted by atomic mass is 19.4. The minimum Gasteiger partial charge on any atom is -0.481 e. The molecule has 3 rings (SSSR count). The number of pyridine rings is 1. The van der Waals surface area contributed by atoms with Gasteiger partial charge in [-0.15, -0.1) is 0 Å². The molecule has 0 saturated carbocycles. The van der Waals surface area contributed by atoms with Gasteiger partial charge in [-0.2, -0.15) is 13.2 Å². The Morgan fingerprint density at radius 3 is 2.23 bits per heavy atom. The van der Waals surface area contributed by atoms with E-state index >= 15 is 0 Å². The summed E-state index contributed by atoms with van der Waals surface area (Å²) in [6.45, 7) is 2.10. The highest BCUT2D eigenvalue weighted by Crippen LogP contribution is 2.31. The molecule has 2 aromatic heterocycles. The van der Waals surface area contributed by atoms with Gasteiger partial charge in [0.15, 0.2) is 5.82 Å². The monoisotopic (exact) mass is 486 g/mol. The summed E-state index contributed by atoms with van der Waals surface area (Å²) >= 11 is 0. The van der Waals surface area contributed by atoms with Gasteiger partial charge >= 0.3 is 12.1 Å². The minimum atomic E-state index is -4.40. The standard InChI is InChI=1S/C25H25F3N4O3/c1-2-3-17(12-21-9-6-18(13-30-21)24(35)29-11-10-22(33)34)19-14-31-23(32-15-19)16-4-7-20(8-5-16)25(26,27)28/h4-9,13-15,17H,2-3,10-12H2,1H3,(H,29,35)(H,33,34)/t17-/m1/s1. The third kappa shape index (κ3) is 7.33. The second-order valence-corrected chi connectivity index (χ2v) is 8.04. The molecule has 0 bridgehead atoms. The van der Waals surface area contributed by atoms with Gasteiger partial charge in [0.05, 0.1) is 17.5 Å². The number of amides is 1. The van der Waals surface area contributed by atoms with Crippen LogP contribution in [0.1, 0.15) is 59.3 Å². The van der Waals surface area contributed by atoms with Crippen LogP contribution in [-0.2, 0) is 17.4 Å². The van der Waals surface area contributed by atoms with Crippen LogP contribution < -0.4 is 5.32 Å². The lowest BCUT2D eigenvalue weighted by Crippen LogP contribution is -2.26. The predicted octanol–water partition coefficient (Wildman–Crippen LogP) is 4.89. The number of hydrogen-bond acceptors (Lipinski definition) is 5. The van der Waals surface area contributed by atoms with Crippen LogP contribution in [-0.4, -0.2) is 38.5 Å². The van der Waals surface area contributed by atoms with Gasteiger partial charge < -0.3 is 10.4 Å². The molecular weight excluding hydrogens is 461 g/mol. The summed E-state index contributed by atoms with van der Waals surface area (Å²) in [6, 6.07) is 8.12. The topological polar surface area (TPSA) is 105 Å². The molecule has 0 spiro atoms. The molecule has 10 heteroatoms. The van der Waals surface area contributed by atoms with Crippen molar-refractivity contribution in [3.63, 3.8) is 0 Å². The van der Waals surface area contributed by atoms with Crippen LogP contribution in [0.2, 0.25) is 0 Å². The lowest BCUT2D eigenvalue weighted by atomic mass is 9.91. The third-order valence-electron chi connectivity index (χ3n) is 5.42. The molecule has 0 aliphatic rings. The number of aliphatic carboxylic acids is 1. The summed E-state index contributed by atoms with van der Waals surface area (Å²) in [5.74, 6) is -0.960. The molecule has 1 aromatic carbocycles. The maximum atomic E-state index is 12.8. The fourth-order valence-corrected chi connectivity index (χ4v) is 3.56. The van der Waals surface area contributed by atoms with Crippen LogP contribution in [0.3, 0.4) is 0 Å². The van der Waals surface area contributed by atoms with Crippen molar-refractivity contribution in [2.75, 3.05) is 6.54 Å². The summed E-state index contributed by atoms with van der Waals surface area (Å²) in [4.78, 5) is 35.7. The Labute approximate surface area is 200 Å². The second-order valence-electron chi connectivity index (χ2n) is 8.04. The molecule has 0 aliphatic carbocycles. The first kappa shape index (κ1) is 25.8. The van der Waals surface area contributed by atoms with Gasteiger partial charge in [0.2, 0.25) is 0 Å². The van der Waals surface area contributed by atoms with E-state index in [-0.39, 0.29) is 24.8 Å². The zero-order valence-corrected chi connectivity index (χ0v) is 19.0. The van der Waals surface area contributed by atoms with Gasteiger partial charge in [-0.3, -0.25) is 14.6 Å². The second kappa shape index (κ2) is 11.5. The molecule has 1 amide bonds. The van der Waals surface area contributed by atoms with Gasteiger partial charge in [0.25, 0.3) is 5.91 Å². The first-order valence-corrected chi connectivity index (χ1v) is 11.1. The van der Waals surface area contributed by atoms with Crippen molar-refractivity contribution < 1.29 is 27.9 Å². The van der Waals surface area contributed by atoms with Crippen LogP contribution in [0.4, 0.5) is 13.2 Å². The molecule has 3 aromatic rings. The number of carboxylic acid groups (broad SMARTS) is 1. The fraction of sp³-hybridized carbons (Fsp3) is 0.320. The molecule has 7 nitrogen and oxygen atoms in total. The molecule has 0 fully saturated rings. The maximum Gasteiger partial charge on any atom is 0.416 e. The van der Waals surface area contributed by atoms with E-state index in [1.165, 1.54) is 18.3 Å². The van der Waals surface area contributed by atoms with Crippen LogP contribution in [0.15, 0.2) is 55.0 Å². The van der Waals surface area contributed by atoms with Gasteiger partial charge in [0, 0.05) is 36.4 Å². The Morgan fingerprint density at radius 2 is 1.69 bits per heavy atom. The largest absolute Gasteiger partial charge is 0.481 e. The number of aromatic nitrogens is 3. The Morgan fingerprint density at radius 1 is 1.00 bits per heavy atom. The summed E-state index contributed by atoms with van der Waals surface area (Å²) in [7, 11) is 0. The SMILES string of the molecule is CCC[C@H](Cc1ccc(C(=O)NCCC(=O)O)cn1)c1cnc(-c2ccc(C(F)(F)F)cc2)nc1. The number of alkyl halides is 3. The van der Waals surface area contributed by atoms with Crippen molar-refractivity contribution in [3.05, 3.63) is 77.4 Å². The maximum absolute atomic E-state index is 12.8. The molecule has 35 heavy (non-hydrogen) atoms. The van der Waals surface area contributed by atoms with Crippen LogP contribution in [0.5, 0.6) is 0 Å². The number of benzene rings is 1. The van der Waals surface area contributed by atoms with Crippen molar-refractivity contribution in [3.8, 4) is 11.4 Å². The smallest absolute Gasteiger partial charge is 0.416 e. The van der Waals surface area contributed by atoms with Crippen LogP contribution >= 0.6 is 0 Å². The number of hydrogen-bond donors (Lipinski definition) is 2. The average molecular weight is 486 g/mol. The number of nitrogens with one attached hydrogen (secondary N) is 1. The lowest BCUT2D eigenvalue weighted by Gasteiger charge is -2.16. The zero-order valence-electron chi connectivity index (χ0n) is 19.0. The summed E-state index contributed by atoms with van der Waals surface area (Å²) in [5.41, 5.74) is 1.78. The Hall–Kier alpha value is -3.82. The van der Waals surface area contributed by atoms with Crippen molar-refractivity contribution in [1.29, 1.82) is 0 Å². The molecular formula is C25H25F3N4O3. The first-order chi connectivity index (χ1) is 16.7. The molecule has 2 heterocycles. The number of rotatable bonds is 10. The first-order valence-electron chi connectivity index (χ1n) is 11.1. The third-order valence-corrected chi connectivity index (χ3v) is 5.42. The van der Waals surface area contributed by atoms with Crippen LogP contribution in [0, 0.1) is 0 Å². The average Bonchev–Trinajstić information content (AvgIpc) is 2.83. The Kier molecular flexibility index (Phi) is 8.51. The van der Waals surface area contributed by atoms with Crippen molar-refractivity contribution in [1.82, 2.24) is 20.3 Å². The lowest BCUT2D eigenvalue weighted by molar-refractivity contribution is -0.138. The molecule has 184 valence electrons. The number of halogens is 3. The Balaban J connectivity index is 1.67. The number of nitrogens with zero attached hydrogens (tertiary/aromatic N) is 3. The predicted molar refractivity (Wildman–Crippen MR) is 123 cm³/mol. The van der Waals surface area contributed by atoms with E-state index in [2.05, 4.69) is 27.2 Å². The summed E-state index contributed by atoms with van der Waals surface area (Å²) < 4.78 is 38.3. The number of carboxylic acids is 1. The van der Waals surface area contributed by atoms with Gasteiger partial charge in [-0.1, -0.05) is 25.5 Å². The van der Waals surface area contributed by atoms with Gasteiger partial charge in [-0.25, -0.2) is 9.97 Å². The molecule has 0 radical (unpaired) electrons. The summed E-state index contributed by atoms with van der Waals surface area (Å²) in [5, 5.41) is 11.2. The van der Waals surface area contributed by atoms with Crippen molar-refractivity contribution in [2.45, 2.75) is 44.7 Å². The van der Waals surface area contributed by atoms with E-state index < -0.39 is 17.7 Å². The minimum absolute atomic E-state index is 0.0387. The van der Waals surface area contributed by atoms with E-state index in [1.807, 2.05) is 0 Å². The van der Waals surface area contributed by atoms with E-state index in [1.54, 1.807) is 24.5 Å². The fourth-order valence-electron chi connectivity index (χ4n) is 3.56. The molecule has 2 N–H and O–H groups in total. The molecule has 0 aliphatic heterocycles. The van der Waals surface area contributed by atoms with Crippen LogP contribution in [0.25, 0.3) is 11.4 Å². The number of carbonyl (C=O) groups is 2. The molecule has 1 atom stereocenters. The van der Waals surface area contributed by atoms with Crippen molar-refractivity contribution >= 4 is 11.9 Å². The Bertz CT molecular complexity index is 1130. The zero-order chi connectivity index (χ0) is 25.4. The van der Waals surface area contributed by atoms with E-state index in [0.29, 0.717) is 23.4 Å². The van der Waals surface area contributed by atoms with E-state index in [0.717, 1.165) is 36.2 Å². The highest BCUT2D eigenvalue weighted by Gasteiger charge is 2.30. The van der Waals surface area contributed by atoms with E-state index in [4.69, 9.17) is 5.11 Å². The highest BCUT2D eigenvalue weighted by molar-refractivity contribution is 5.94. The van der Waals surface area contributed by atoms with Crippen molar-refractivity contribution in [2.24, 2.45) is 0 Å².